The lowest BCUT2D eigenvalue weighted by molar-refractivity contribution is -0.388. The van der Waals surface area contributed by atoms with E-state index in [0.29, 0.717) is 56.9 Å². The summed E-state index contributed by atoms with van der Waals surface area (Å²) in [4.78, 5) is 15.2. The summed E-state index contributed by atoms with van der Waals surface area (Å²) in [6.07, 6.45) is -41.3. The van der Waals surface area contributed by atoms with Crippen LogP contribution in [0.4, 0.5) is 0 Å². The molecular formula is C50H82O28. The van der Waals surface area contributed by atoms with Gasteiger partial charge in [0.2, 0.25) is 6.29 Å². The largest absolute Gasteiger partial charge is 0.432 e. The first-order chi connectivity index (χ1) is 36.8. The summed E-state index contributed by atoms with van der Waals surface area (Å²) >= 11 is 0. The van der Waals surface area contributed by atoms with E-state index in [0.717, 1.165) is 0 Å². The van der Waals surface area contributed by atoms with Crippen LogP contribution < -0.4 is 0 Å². The molecule has 8 aliphatic rings. The first kappa shape index (κ1) is 62.2. The van der Waals surface area contributed by atoms with Crippen molar-refractivity contribution in [2.45, 2.75) is 232 Å². The predicted molar refractivity (Wildman–Crippen MR) is 254 cm³/mol. The van der Waals surface area contributed by atoms with Crippen molar-refractivity contribution >= 4 is 5.97 Å². The summed E-state index contributed by atoms with van der Waals surface area (Å²) in [7, 11) is 0. The van der Waals surface area contributed by atoms with Crippen LogP contribution in [0, 0.1) is 28.1 Å². The van der Waals surface area contributed by atoms with Gasteiger partial charge < -0.3 is 134 Å². The van der Waals surface area contributed by atoms with Gasteiger partial charge in [0.1, 0.15) is 116 Å². The second kappa shape index (κ2) is 24.8. The van der Waals surface area contributed by atoms with Crippen molar-refractivity contribution in [2.75, 3.05) is 33.0 Å². The molecule has 0 aromatic carbocycles. The van der Waals surface area contributed by atoms with Gasteiger partial charge in [-0.1, -0.05) is 26.8 Å². The summed E-state index contributed by atoms with van der Waals surface area (Å²) in [6.45, 7) is 6.24. The lowest BCUT2D eigenvalue weighted by Gasteiger charge is -2.62. The molecule has 28 nitrogen and oxygen atoms in total. The van der Waals surface area contributed by atoms with Crippen molar-refractivity contribution in [3.05, 3.63) is 12.2 Å². The Bertz CT molecular complexity index is 2000. The minimum atomic E-state index is -2.05. The van der Waals surface area contributed by atoms with Gasteiger partial charge in [0.25, 0.3) is 0 Å². The fourth-order valence-corrected chi connectivity index (χ4v) is 14.0. The van der Waals surface area contributed by atoms with Crippen LogP contribution >= 0.6 is 0 Å². The van der Waals surface area contributed by atoms with Gasteiger partial charge in [0.15, 0.2) is 31.3 Å². The van der Waals surface area contributed by atoms with Crippen molar-refractivity contribution in [1.82, 2.24) is 0 Å². The molecular weight excluding hydrogens is 1050 g/mol. The Morgan fingerprint density at radius 2 is 0.872 bits per heavy atom. The Labute approximate surface area is 449 Å². The molecule has 0 radical (unpaired) electrons. The fraction of sp³-hybridized carbons (Fsp3) is 0.940. The van der Waals surface area contributed by atoms with Crippen LogP contribution in [0.3, 0.4) is 0 Å². The van der Waals surface area contributed by atoms with E-state index in [4.69, 9.17) is 47.4 Å². The minimum absolute atomic E-state index is 0.105. The highest BCUT2D eigenvalue weighted by atomic mass is 16.8. The van der Waals surface area contributed by atoms with Crippen molar-refractivity contribution in [1.29, 1.82) is 0 Å². The number of hydrogen-bond donors (Lipinski definition) is 17. The number of aliphatic hydroxyl groups is 17. The molecule has 3 aliphatic carbocycles. The molecule has 0 bridgehead atoms. The van der Waals surface area contributed by atoms with E-state index in [-0.39, 0.29) is 11.8 Å². The number of carbonyl (C=O) groups excluding carboxylic acids is 1. The van der Waals surface area contributed by atoms with E-state index in [9.17, 15) is 86.8 Å². The van der Waals surface area contributed by atoms with Gasteiger partial charge >= 0.3 is 5.97 Å². The van der Waals surface area contributed by atoms with Crippen molar-refractivity contribution < 1.29 is 139 Å². The third-order valence-corrected chi connectivity index (χ3v) is 18.4. The molecule has 31 atom stereocenters. The molecule has 3 saturated carbocycles. The molecule has 8 rings (SSSR count). The van der Waals surface area contributed by atoms with Crippen molar-refractivity contribution in [3.63, 3.8) is 0 Å². The fourth-order valence-electron chi connectivity index (χ4n) is 14.0. The maximum Gasteiger partial charge on any atom is 0.314 e. The molecule has 27 unspecified atom stereocenters. The monoisotopic (exact) mass is 1130 g/mol. The van der Waals surface area contributed by atoms with Gasteiger partial charge in [-0.05, 0) is 80.1 Å². The van der Waals surface area contributed by atoms with E-state index < -0.39 is 215 Å². The van der Waals surface area contributed by atoms with E-state index in [2.05, 4.69) is 20.4 Å². The molecule has 28 heteroatoms. The van der Waals surface area contributed by atoms with Gasteiger partial charge in [-0.2, -0.15) is 0 Å². The normalized spacial score (nSPS) is 53.2. The highest BCUT2D eigenvalue weighted by Crippen LogP contribution is 2.67. The Kier molecular flexibility index (Phi) is 19.8. The Morgan fingerprint density at radius 1 is 0.462 bits per heavy atom. The number of fused-ring (bicyclic) bond motifs is 3. The molecule has 5 saturated heterocycles. The molecule has 0 aromatic rings. The maximum absolute atomic E-state index is 15.2. The number of aliphatic hydroxyl groups excluding tert-OH is 17. The molecule has 8 fully saturated rings. The zero-order valence-corrected chi connectivity index (χ0v) is 43.7. The molecule has 78 heavy (non-hydrogen) atoms. The molecule has 0 aromatic heterocycles. The number of carbonyl (C=O) groups is 1. The molecule has 17 N–H and O–H groups in total. The average Bonchev–Trinajstić information content (AvgIpc) is 3.70. The van der Waals surface area contributed by atoms with Crippen LogP contribution in [0.5, 0.6) is 0 Å². The summed E-state index contributed by atoms with van der Waals surface area (Å²) in [6, 6.07) is 0. The summed E-state index contributed by atoms with van der Waals surface area (Å²) in [5, 5.41) is 181. The van der Waals surface area contributed by atoms with Gasteiger partial charge in [0, 0.05) is 0 Å². The van der Waals surface area contributed by atoms with Crippen LogP contribution in [-0.2, 0) is 52.2 Å². The number of rotatable bonds is 15. The SMILES string of the molecule is C=C1C[C@@]2(C)CCC3[C@](C)(C(=O)OC4OC(CO)C(O)C(OC5OC(CO)C(O)C(O)C5O)C4OC4OC(CO)C(O)C(O)C4O)CCC[C@@]3(C)[C@@H]2CCC1OC1OC(CO)C(O)C(OC2OC(CO)C(O)C(O)C2O)C1O. The summed E-state index contributed by atoms with van der Waals surface area (Å²) in [5.74, 6) is -1.29. The zero-order chi connectivity index (χ0) is 57.1. The van der Waals surface area contributed by atoms with Crippen LogP contribution in [-0.4, -0.2) is 285 Å². The van der Waals surface area contributed by atoms with E-state index in [1.165, 1.54) is 0 Å². The average molecular weight is 1130 g/mol. The Balaban J connectivity index is 1.02. The predicted octanol–water partition coefficient (Wildman–Crippen LogP) is -7.04. The van der Waals surface area contributed by atoms with Crippen LogP contribution in [0.1, 0.15) is 72.1 Å². The van der Waals surface area contributed by atoms with Crippen molar-refractivity contribution in [3.8, 4) is 0 Å². The smallest absolute Gasteiger partial charge is 0.314 e. The highest BCUT2D eigenvalue weighted by Gasteiger charge is 2.64. The second-order valence-electron chi connectivity index (χ2n) is 23.3. The number of esters is 1. The van der Waals surface area contributed by atoms with Gasteiger partial charge in [-0.25, -0.2) is 0 Å². The molecule has 5 heterocycles. The maximum atomic E-state index is 15.2. The first-order valence-corrected chi connectivity index (χ1v) is 26.8. The third kappa shape index (κ3) is 11.5. The molecule has 0 spiro atoms. The standard InChI is InChI=1S/C50H82O28/c1-18-12-48(2)11-8-26-49(3,25(48)7-6-19(18)69-45-38(67)39(30(59)23(16-54)73-45)75-42-35(64)32(61)27(56)20(13-51)70-42)9-5-10-50(26,4)47(68)78-46-41(77-44-37(66)34(63)29(58)22(15-53)72-44)40(31(60)24(17-55)74-46)76-43-36(65)33(62)28(57)21(14-52)71-43/h19-46,51-67H,1,5-17H2,2-4H3/t19?,20?,21?,22?,23?,24?,25-,26?,27?,28?,29?,30?,31?,32?,33?,34?,35?,36?,37?,38?,39?,40?,41?,42?,43?,44?,45?,46?,48-,49+,50-/m1/s1. The van der Waals surface area contributed by atoms with Crippen LogP contribution in [0.25, 0.3) is 0 Å². The van der Waals surface area contributed by atoms with E-state index in [1.807, 2.05) is 0 Å². The van der Waals surface area contributed by atoms with Gasteiger partial charge in [-0.15, -0.1) is 0 Å². The Morgan fingerprint density at radius 3 is 1.35 bits per heavy atom. The van der Waals surface area contributed by atoms with Gasteiger partial charge in [-0.3, -0.25) is 4.79 Å². The van der Waals surface area contributed by atoms with Crippen LogP contribution in [0.2, 0.25) is 0 Å². The molecule has 0 amide bonds. The van der Waals surface area contributed by atoms with E-state index >= 15 is 4.79 Å². The topological polar surface area (TPSA) is 453 Å². The minimum Gasteiger partial charge on any atom is -0.432 e. The molecule has 450 valence electrons. The molecule has 5 aliphatic heterocycles. The lowest BCUT2D eigenvalue weighted by Crippen LogP contribution is -2.67. The number of ether oxygens (including phenoxy) is 10. The number of hydrogen-bond acceptors (Lipinski definition) is 28. The first-order valence-electron chi connectivity index (χ1n) is 26.8. The van der Waals surface area contributed by atoms with Crippen molar-refractivity contribution in [2.24, 2.45) is 28.1 Å². The third-order valence-electron chi connectivity index (χ3n) is 18.4. The second-order valence-corrected chi connectivity index (χ2v) is 23.3. The van der Waals surface area contributed by atoms with E-state index in [1.54, 1.807) is 6.92 Å². The summed E-state index contributed by atoms with van der Waals surface area (Å²) in [5.41, 5.74) is -1.64. The lowest BCUT2D eigenvalue weighted by atomic mass is 9.42. The van der Waals surface area contributed by atoms with Crippen LogP contribution in [0.15, 0.2) is 12.2 Å². The Hall–Kier alpha value is -1.83. The highest BCUT2D eigenvalue weighted by molar-refractivity contribution is 5.77. The zero-order valence-electron chi connectivity index (χ0n) is 43.7. The quantitative estimate of drug-likeness (QED) is 0.0535. The summed E-state index contributed by atoms with van der Waals surface area (Å²) < 4.78 is 59.2. The van der Waals surface area contributed by atoms with Gasteiger partial charge in [0.05, 0.1) is 44.6 Å².